The number of hydrogen-bond acceptors (Lipinski definition) is 3. The van der Waals surface area contributed by atoms with Crippen LogP contribution in [0.3, 0.4) is 0 Å². The average Bonchev–Trinajstić information content (AvgIpc) is 2.78. The number of carbonyl (C=O) groups is 1. The van der Waals surface area contributed by atoms with E-state index in [2.05, 4.69) is 0 Å². The molecule has 2 aliphatic carbocycles. The molecule has 0 saturated heterocycles. The number of esters is 1. The van der Waals surface area contributed by atoms with Gasteiger partial charge in [0.2, 0.25) is 0 Å². The minimum absolute atomic E-state index is 0.0353. The first kappa shape index (κ1) is 9.97. The number of fused-ring (bicyclic) bond motifs is 2. The maximum absolute atomic E-state index is 11.9. The van der Waals surface area contributed by atoms with Gasteiger partial charge in [-0.1, -0.05) is 0 Å². The number of carbonyl (C=O) groups excluding carboxylic acids is 1. The monoisotopic (exact) mass is 198 g/mol. The van der Waals surface area contributed by atoms with Crippen molar-refractivity contribution in [2.24, 2.45) is 11.3 Å². The van der Waals surface area contributed by atoms with E-state index in [9.17, 15) is 4.79 Å². The van der Waals surface area contributed by atoms with Crippen molar-refractivity contribution in [3.63, 3.8) is 0 Å². The number of ether oxygens (including phenoxy) is 2. The van der Waals surface area contributed by atoms with Crippen molar-refractivity contribution in [3.8, 4) is 0 Å². The van der Waals surface area contributed by atoms with Gasteiger partial charge in [-0.25, -0.2) is 0 Å². The molecule has 2 saturated carbocycles. The predicted octanol–water partition coefficient (Wildman–Crippen LogP) is 2.10. The van der Waals surface area contributed by atoms with Gasteiger partial charge in [0, 0.05) is 7.11 Å². The molecule has 0 spiro atoms. The van der Waals surface area contributed by atoms with Crippen molar-refractivity contribution in [1.82, 2.24) is 0 Å². The molecule has 3 heteroatoms. The van der Waals surface area contributed by atoms with Crippen LogP contribution >= 0.6 is 0 Å². The largest absolute Gasteiger partial charge is 0.436 e. The van der Waals surface area contributed by atoms with Gasteiger partial charge in [-0.3, -0.25) is 4.79 Å². The topological polar surface area (TPSA) is 35.5 Å². The highest BCUT2D eigenvalue weighted by Crippen LogP contribution is 2.54. The summed E-state index contributed by atoms with van der Waals surface area (Å²) < 4.78 is 10.2. The zero-order chi connectivity index (χ0) is 10.2. The second kappa shape index (κ2) is 3.54. The number of methoxy groups -OCH3 is 1. The van der Waals surface area contributed by atoms with Crippen molar-refractivity contribution in [2.75, 3.05) is 7.11 Å². The summed E-state index contributed by atoms with van der Waals surface area (Å²) in [6.45, 7) is 1.76. The van der Waals surface area contributed by atoms with Crippen LogP contribution in [-0.4, -0.2) is 19.4 Å². The molecular weight excluding hydrogens is 180 g/mol. The molecule has 0 aliphatic heterocycles. The van der Waals surface area contributed by atoms with Crippen LogP contribution < -0.4 is 0 Å². The molecule has 2 rings (SSSR count). The summed E-state index contributed by atoms with van der Waals surface area (Å²) >= 11 is 0. The SMILES string of the molecule is COC(C)OC(=O)C12CCC(CC1)C2. The van der Waals surface area contributed by atoms with Gasteiger partial charge in [-0.15, -0.1) is 0 Å². The van der Waals surface area contributed by atoms with Crippen LogP contribution in [0, 0.1) is 11.3 Å². The standard InChI is InChI=1S/C11H18O3/c1-8(13-2)14-10(12)11-5-3-9(7-11)4-6-11/h8-9H,3-7H2,1-2H3. The Kier molecular flexibility index (Phi) is 2.52. The summed E-state index contributed by atoms with van der Waals surface area (Å²) in [7, 11) is 1.56. The van der Waals surface area contributed by atoms with Gasteiger partial charge in [-0.05, 0) is 44.9 Å². The molecule has 1 atom stereocenters. The molecule has 0 amide bonds. The summed E-state index contributed by atoms with van der Waals surface area (Å²) in [6.07, 6.45) is 5.09. The fourth-order valence-corrected chi connectivity index (χ4v) is 2.80. The van der Waals surface area contributed by atoms with Gasteiger partial charge in [0.05, 0.1) is 5.41 Å². The highest BCUT2D eigenvalue weighted by molar-refractivity contribution is 5.77. The van der Waals surface area contributed by atoms with E-state index in [-0.39, 0.29) is 11.4 Å². The molecular formula is C11H18O3. The Morgan fingerprint density at radius 2 is 2.07 bits per heavy atom. The van der Waals surface area contributed by atoms with Crippen LogP contribution in [-0.2, 0) is 14.3 Å². The number of rotatable bonds is 3. The zero-order valence-electron chi connectivity index (χ0n) is 8.91. The summed E-state index contributed by atoms with van der Waals surface area (Å²) in [5.74, 6) is 0.743. The van der Waals surface area contributed by atoms with E-state index < -0.39 is 6.29 Å². The third-order valence-electron chi connectivity index (χ3n) is 3.78. The lowest BCUT2D eigenvalue weighted by atomic mass is 9.84. The van der Waals surface area contributed by atoms with E-state index in [1.54, 1.807) is 14.0 Å². The third-order valence-corrected chi connectivity index (χ3v) is 3.78. The molecule has 0 aromatic carbocycles. The molecule has 80 valence electrons. The Bertz CT molecular complexity index is 229. The van der Waals surface area contributed by atoms with Crippen LogP contribution in [0.25, 0.3) is 0 Å². The zero-order valence-corrected chi connectivity index (χ0v) is 8.91. The minimum Gasteiger partial charge on any atom is -0.436 e. The lowest BCUT2D eigenvalue weighted by Crippen LogP contribution is -2.31. The minimum atomic E-state index is -0.406. The fourth-order valence-electron chi connectivity index (χ4n) is 2.80. The Balaban J connectivity index is 1.97. The van der Waals surface area contributed by atoms with Crippen LogP contribution in [0.1, 0.15) is 39.0 Å². The molecule has 0 N–H and O–H groups in total. The van der Waals surface area contributed by atoms with Gasteiger partial charge >= 0.3 is 5.97 Å². The first-order valence-electron chi connectivity index (χ1n) is 5.40. The first-order valence-corrected chi connectivity index (χ1v) is 5.40. The summed E-state index contributed by atoms with van der Waals surface area (Å²) in [5, 5.41) is 0. The lowest BCUT2D eigenvalue weighted by Gasteiger charge is -2.25. The molecule has 2 bridgehead atoms. The molecule has 2 aliphatic rings. The van der Waals surface area contributed by atoms with Crippen LogP contribution in [0.2, 0.25) is 0 Å². The summed E-state index contributed by atoms with van der Waals surface area (Å²) in [4.78, 5) is 11.9. The second-order valence-electron chi connectivity index (χ2n) is 4.64. The second-order valence-corrected chi connectivity index (χ2v) is 4.64. The molecule has 3 nitrogen and oxygen atoms in total. The quantitative estimate of drug-likeness (QED) is 0.514. The molecule has 2 fully saturated rings. The van der Waals surface area contributed by atoms with Gasteiger partial charge in [0.1, 0.15) is 0 Å². The van der Waals surface area contributed by atoms with Crippen molar-refractivity contribution >= 4 is 5.97 Å². The van der Waals surface area contributed by atoms with Crippen molar-refractivity contribution in [3.05, 3.63) is 0 Å². The van der Waals surface area contributed by atoms with Gasteiger partial charge < -0.3 is 9.47 Å². The molecule has 1 unspecified atom stereocenters. The summed E-state index contributed by atoms with van der Waals surface area (Å²) in [5.41, 5.74) is -0.141. The molecule has 0 heterocycles. The fraction of sp³-hybridized carbons (Fsp3) is 0.909. The van der Waals surface area contributed by atoms with E-state index in [1.165, 1.54) is 12.8 Å². The van der Waals surface area contributed by atoms with E-state index in [0.717, 1.165) is 25.2 Å². The van der Waals surface area contributed by atoms with Crippen molar-refractivity contribution in [1.29, 1.82) is 0 Å². The Labute approximate surface area is 84.8 Å². The Hall–Kier alpha value is -0.570. The van der Waals surface area contributed by atoms with Crippen molar-refractivity contribution in [2.45, 2.75) is 45.3 Å². The highest BCUT2D eigenvalue weighted by atomic mass is 16.7. The molecule has 0 radical (unpaired) electrons. The van der Waals surface area contributed by atoms with Gasteiger partial charge in [0.25, 0.3) is 0 Å². The van der Waals surface area contributed by atoms with E-state index >= 15 is 0 Å². The van der Waals surface area contributed by atoms with E-state index in [0.29, 0.717) is 0 Å². The van der Waals surface area contributed by atoms with Gasteiger partial charge in [-0.2, -0.15) is 0 Å². The Morgan fingerprint density at radius 1 is 1.43 bits per heavy atom. The number of hydrogen-bond donors (Lipinski definition) is 0. The van der Waals surface area contributed by atoms with Gasteiger partial charge in [0.15, 0.2) is 6.29 Å². The summed E-state index contributed by atoms with van der Waals surface area (Å²) in [6, 6.07) is 0. The van der Waals surface area contributed by atoms with Crippen LogP contribution in [0.5, 0.6) is 0 Å². The smallest absolute Gasteiger partial charge is 0.314 e. The maximum Gasteiger partial charge on any atom is 0.314 e. The molecule has 0 aromatic rings. The normalized spacial score (nSPS) is 37.1. The average molecular weight is 198 g/mol. The van der Waals surface area contributed by atoms with E-state index in [1.807, 2.05) is 0 Å². The molecule has 0 aromatic heterocycles. The first-order chi connectivity index (χ1) is 6.66. The van der Waals surface area contributed by atoms with Crippen LogP contribution in [0.4, 0.5) is 0 Å². The lowest BCUT2D eigenvalue weighted by molar-refractivity contribution is -0.181. The highest BCUT2D eigenvalue weighted by Gasteiger charge is 2.51. The van der Waals surface area contributed by atoms with E-state index in [4.69, 9.17) is 9.47 Å². The molecule has 14 heavy (non-hydrogen) atoms. The van der Waals surface area contributed by atoms with Crippen LogP contribution in [0.15, 0.2) is 0 Å². The maximum atomic E-state index is 11.9. The Morgan fingerprint density at radius 3 is 2.50 bits per heavy atom. The van der Waals surface area contributed by atoms with Crippen molar-refractivity contribution < 1.29 is 14.3 Å². The third kappa shape index (κ3) is 1.54. The predicted molar refractivity (Wildman–Crippen MR) is 51.6 cm³/mol.